The average Bonchev–Trinajstić information content (AvgIpc) is 2.94. The number of rotatable bonds is 5. The van der Waals surface area contributed by atoms with Crippen molar-refractivity contribution in [3.8, 4) is 5.75 Å². The van der Waals surface area contributed by atoms with Crippen molar-refractivity contribution in [3.05, 3.63) is 48.3 Å². The Kier molecular flexibility index (Phi) is 4.80. The molecule has 140 valence electrons. The summed E-state index contributed by atoms with van der Waals surface area (Å²) in [6.07, 6.45) is 0.552. The molecule has 3 rings (SSSR count). The predicted molar refractivity (Wildman–Crippen MR) is 96.0 cm³/mol. The van der Waals surface area contributed by atoms with Crippen molar-refractivity contribution < 1.29 is 26.0 Å². The van der Waals surface area contributed by atoms with Crippen LogP contribution in [0.2, 0.25) is 0 Å². The molecular formula is C16H17FN2O5S2. The van der Waals surface area contributed by atoms with Gasteiger partial charge in [0.05, 0.1) is 18.6 Å². The molecule has 1 heterocycles. The van der Waals surface area contributed by atoms with E-state index in [0.717, 1.165) is 12.1 Å². The van der Waals surface area contributed by atoms with E-state index in [4.69, 9.17) is 4.74 Å². The molecule has 1 aliphatic rings. The van der Waals surface area contributed by atoms with E-state index in [1.165, 1.54) is 41.7 Å². The number of nitrogens with zero attached hydrogens (tertiary/aromatic N) is 1. The lowest BCUT2D eigenvalue weighted by Gasteiger charge is -2.17. The highest BCUT2D eigenvalue weighted by Gasteiger charge is 2.28. The van der Waals surface area contributed by atoms with Crippen LogP contribution >= 0.6 is 0 Å². The van der Waals surface area contributed by atoms with Crippen molar-refractivity contribution in [2.24, 2.45) is 0 Å². The van der Waals surface area contributed by atoms with E-state index >= 15 is 0 Å². The Labute approximate surface area is 151 Å². The number of sulfonamides is 2. The summed E-state index contributed by atoms with van der Waals surface area (Å²) < 4.78 is 70.9. The minimum atomic E-state index is -4.08. The maximum atomic E-state index is 13.4. The lowest BCUT2D eigenvalue weighted by Crippen LogP contribution is -2.25. The molecule has 1 N–H and O–H groups in total. The molecule has 0 radical (unpaired) electrons. The number of benzene rings is 2. The number of nitrogens with one attached hydrogen (secondary N) is 1. The van der Waals surface area contributed by atoms with E-state index in [9.17, 15) is 21.2 Å². The van der Waals surface area contributed by atoms with Crippen LogP contribution < -0.4 is 13.8 Å². The smallest absolute Gasteiger partial charge is 0.265 e. The molecule has 2 aromatic rings. The topological polar surface area (TPSA) is 92.8 Å². The summed E-state index contributed by atoms with van der Waals surface area (Å²) in [7, 11) is -6.10. The highest BCUT2D eigenvalue weighted by Crippen LogP contribution is 2.29. The quantitative estimate of drug-likeness (QED) is 0.830. The van der Waals surface area contributed by atoms with Crippen LogP contribution in [0.4, 0.5) is 15.8 Å². The Morgan fingerprint density at radius 1 is 1.15 bits per heavy atom. The molecule has 0 aliphatic carbocycles. The Morgan fingerprint density at radius 2 is 1.85 bits per heavy atom. The highest BCUT2D eigenvalue weighted by molar-refractivity contribution is 7.93. The van der Waals surface area contributed by atoms with Gasteiger partial charge in [0.25, 0.3) is 10.0 Å². The van der Waals surface area contributed by atoms with Crippen LogP contribution in [-0.4, -0.2) is 36.2 Å². The molecule has 0 atom stereocenters. The van der Waals surface area contributed by atoms with Crippen molar-refractivity contribution in [1.29, 1.82) is 0 Å². The molecule has 10 heteroatoms. The Balaban J connectivity index is 1.86. The molecule has 0 amide bonds. The van der Waals surface area contributed by atoms with Gasteiger partial charge in [-0.3, -0.25) is 9.03 Å². The normalized spacial score (nSPS) is 16.5. The molecule has 7 nitrogen and oxygen atoms in total. The summed E-state index contributed by atoms with van der Waals surface area (Å²) in [6, 6.07) is 9.13. The SMILES string of the molecule is COc1ccc(F)cc1S(=O)(=O)Nc1ccc(N2CCCS2(=O)=O)cc1. The van der Waals surface area contributed by atoms with Gasteiger partial charge in [0, 0.05) is 12.2 Å². The minimum Gasteiger partial charge on any atom is -0.495 e. The maximum Gasteiger partial charge on any atom is 0.265 e. The zero-order valence-electron chi connectivity index (χ0n) is 13.8. The zero-order valence-corrected chi connectivity index (χ0v) is 15.5. The first kappa shape index (κ1) is 18.5. The van der Waals surface area contributed by atoms with Gasteiger partial charge in [0.15, 0.2) is 0 Å². The first-order chi connectivity index (χ1) is 12.2. The first-order valence-electron chi connectivity index (χ1n) is 7.70. The molecule has 1 fully saturated rings. The third-order valence-electron chi connectivity index (χ3n) is 3.92. The molecule has 1 aliphatic heterocycles. The molecule has 0 unspecified atom stereocenters. The fourth-order valence-electron chi connectivity index (χ4n) is 2.70. The van der Waals surface area contributed by atoms with Crippen LogP contribution in [0.3, 0.4) is 0 Å². The number of anilines is 2. The van der Waals surface area contributed by atoms with Crippen LogP contribution in [0.25, 0.3) is 0 Å². The van der Waals surface area contributed by atoms with Crippen LogP contribution in [0.1, 0.15) is 6.42 Å². The van der Waals surface area contributed by atoms with Crippen LogP contribution in [-0.2, 0) is 20.0 Å². The van der Waals surface area contributed by atoms with Crippen molar-refractivity contribution in [3.63, 3.8) is 0 Å². The Hall–Kier alpha value is -2.33. The van der Waals surface area contributed by atoms with Gasteiger partial charge < -0.3 is 4.74 Å². The van der Waals surface area contributed by atoms with Gasteiger partial charge in [-0.1, -0.05) is 0 Å². The van der Waals surface area contributed by atoms with E-state index in [2.05, 4.69) is 4.72 Å². The number of methoxy groups -OCH3 is 1. The molecule has 0 spiro atoms. The Bertz CT molecular complexity index is 1020. The summed E-state index contributed by atoms with van der Waals surface area (Å²) in [4.78, 5) is -0.328. The van der Waals surface area contributed by atoms with E-state index in [0.29, 0.717) is 18.7 Å². The van der Waals surface area contributed by atoms with Crippen LogP contribution in [0.5, 0.6) is 5.75 Å². The first-order valence-corrected chi connectivity index (χ1v) is 10.8. The van der Waals surface area contributed by atoms with Crippen LogP contribution in [0.15, 0.2) is 47.4 Å². The maximum absolute atomic E-state index is 13.4. The van der Waals surface area contributed by atoms with Crippen molar-refractivity contribution >= 4 is 31.4 Å². The van der Waals surface area contributed by atoms with Gasteiger partial charge in [-0.2, -0.15) is 0 Å². The molecule has 1 saturated heterocycles. The van der Waals surface area contributed by atoms with E-state index in [1.807, 2.05) is 0 Å². The van der Waals surface area contributed by atoms with E-state index < -0.39 is 25.9 Å². The molecule has 26 heavy (non-hydrogen) atoms. The molecule has 0 saturated carbocycles. The molecule has 2 aromatic carbocycles. The molecule has 0 aromatic heterocycles. The fraction of sp³-hybridized carbons (Fsp3) is 0.250. The van der Waals surface area contributed by atoms with Gasteiger partial charge in [-0.25, -0.2) is 21.2 Å². The number of halogens is 1. The number of hydrogen-bond acceptors (Lipinski definition) is 5. The number of hydrogen-bond donors (Lipinski definition) is 1. The third kappa shape index (κ3) is 3.61. The average molecular weight is 400 g/mol. The summed E-state index contributed by atoms with van der Waals surface area (Å²) in [5.74, 6) is -0.597. The molecule has 0 bridgehead atoms. The number of ether oxygens (including phenoxy) is 1. The van der Waals surface area contributed by atoms with Crippen LogP contribution in [0, 0.1) is 5.82 Å². The van der Waals surface area contributed by atoms with Gasteiger partial charge in [-0.15, -0.1) is 0 Å². The summed E-state index contributed by atoms with van der Waals surface area (Å²) >= 11 is 0. The second-order valence-electron chi connectivity index (χ2n) is 5.69. The Morgan fingerprint density at radius 3 is 2.42 bits per heavy atom. The minimum absolute atomic E-state index is 0.0127. The lowest BCUT2D eigenvalue weighted by molar-refractivity contribution is 0.401. The predicted octanol–water partition coefficient (Wildman–Crippen LogP) is 2.17. The van der Waals surface area contributed by atoms with Gasteiger partial charge in [0.1, 0.15) is 16.5 Å². The summed E-state index contributed by atoms with van der Waals surface area (Å²) in [5.41, 5.74) is 0.686. The van der Waals surface area contributed by atoms with Gasteiger partial charge >= 0.3 is 0 Å². The second kappa shape index (κ2) is 6.76. The monoisotopic (exact) mass is 400 g/mol. The lowest BCUT2D eigenvalue weighted by atomic mass is 10.3. The fourth-order valence-corrected chi connectivity index (χ4v) is 5.50. The third-order valence-corrected chi connectivity index (χ3v) is 7.19. The van der Waals surface area contributed by atoms with Crippen molar-refractivity contribution in [1.82, 2.24) is 0 Å². The molecular weight excluding hydrogens is 383 g/mol. The van der Waals surface area contributed by atoms with E-state index in [-0.39, 0.29) is 22.1 Å². The standard InChI is InChI=1S/C16H17FN2O5S2/c1-24-15-8-3-12(17)11-16(15)26(22,23)18-13-4-6-14(7-5-13)19-9-2-10-25(19,20)21/h3-8,11,18H,2,9-10H2,1H3. The van der Waals surface area contributed by atoms with Gasteiger partial charge in [-0.05, 0) is 48.9 Å². The zero-order chi connectivity index (χ0) is 18.9. The van der Waals surface area contributed by atoms with E-state index in [1.54, 1.807) is 0 Å². The largest absolute Gasteiger partial charge is 0.495 e. The van der Waals surface area contributed by atoms with Gasteiger partial charge in [0.2, 0.25) is 10.0 Å². The second-order valence-corrected chi connectivity index (χ2v) is 9.35. The summed E-state index contributed by atoms with van der Waals surface area (Å²) in [6.45, 7) is 0.397. The summed E-state index contributed by atoms with van der Waals surface area (Å²) in [5, 5.41) is 0. The highest BCUT2D eigenvalue weighted by atomic mass is 32.2. The van der Waals surface area contributed by atoms with Crippen molar-refractivity contribution in [2.45, 2.75) is 11.3 Å². The van der Waals surface area contributed by atoms with Crippen molar-refractivity contribution in [2.75, 3.05) is 28.4 Å².